The molecule has 2 atom stereocenters. The third-order valence-electron chi connectivity index (χ3n) is 4.14. The van der Waals surface area contributed by atoms with Crippen molar-refractivity contribution in [3.05, 3.63) is 59.5 Å². The van der Waals surface area contributed by atoms with Gasteiger partial charge in [0.1, 0.15) is 6.61 Å². The molecule has 1 aliphatic rings. The molecule has 6 heteroatoms. The molecule has 0 fully saturated rings. The van der Waals surface area contributed by atoms with Crippen molar-refractivity contribution in [3.8, 4) is 11.5 Å². The van der Waals surface area contributed by atoms with E-state index in [1.807, 2.05) is 41.8 Å². The summed E-state index contributed by atoms with van der Waals surface area (Å²) in [5.74, 6) is 0.891. The Kier molecular flexibility index (Phi) is 4.29. The van der Waals surface area contributed by atoms with Crippen molar-refractivity contribution in [2.75, 3.05) is 13.2 Å². The number of benzene rings is 2. The average Bonchev–Trinajstić information content (AvgIpc) is 3.09. The van der Waals surface area contributed by atoms with Crippen LogP contribution >= 0.6 is 11.3 Å². The smallest absolute Gasteiger partial charge is 0.264 e. The van der Waals surface area contributed by atoms with Crippen molar-refractivity contribution in [2.24, 2.45) is 0 Å². The van der Waals surface area contributed by atoms with Gasteiger partial charge in [0.05, 0.1) is 6.10 Å². The highest BCUT2D eigenvalue weighted by atomic mass is 32.1. The molecule has 128 valence electrons. The van der Waals surface area contributed by atoms with Gasteiger partial charge in [0, 0.05) is 16.8 Å². The first kappa shape index (κ1) is 15.9. The topological polar surface area (TPSA) is 67.8 Å². The lowest BCUT2D eigenvalue weighted by atomic mass is 10.1. The summed E-state index contributed by atoms with van der Waals surface area (Å²) in [6, 6.07) is 15.1. The van der Waals surface area contributed by atoms with Gasteiger partial charge in [0.15, 0.2) is 11.5 Å². The summed E-state index contributed by atoms with van der Waals surface area (Å²) < 4.78 is 12.3. The van der Waals surface area contributed by atoms with Crippen LogP contribution in [0.5, 0.6) is 11.5 Å². The molecule has 1 aliphatic heterocycles. The lowest BCUT2D eigenvalue weighted by molar-refractivity contribution is -0.130. The largest absolute Gasteiger partial charge is 0.485 e. The van der Waals surface area contributed by atoms with Crippen LogP contribution in [0.25, 0.3) is 10.1 Å². The van der Waals surface area contributed by atoms with Crippen LogP contribution in [-0.4, -0.2) is 30.3 Å². The maximum absolute atomic E-state index is 12.3. The molecule has 5 nitrogen and oxygen atoms in total. The first-order valence-corrected chi connectivity index (χ1v) is 8.91. The summed E-state index contributed by atoms with van der Waals surface area (Å²) in [5, 5.41) is 16.1. The van der Waals surface area contributed by atoms with Gasteiger partial charge in [-0.15, -0.1) is 11.3 Å². The van der Waals surface area contributed by atoms with Crippen molar-refractivity contribution in [1.29, 1.82) is 0 Å². The number of aliphatic hydroxyl groups excluding tert-OH is 1. The Balaban J connectivity index is 1.39. The fourth-order valence-electron chi connectivity index (χ4n) is 2.83. The molecular weight excluding hydrogens is 338 g/mol. The molecule has 3 aromatic rings. The van der Waals surface area contributed by atoms with Crippen LogP contribution in [0.4, 0.5) is 0 Å². The molecule has 0 spiro atoms. The predicted octanol–water partition coefficient (Wildman–Crippen LogP) is 2.89. The van der Waals surface area contributed by atoms with Crippen LogP contribution in [0, 0.1) is 0 Å². The molecule has 1 amide bonds. The van der Waals surface area contributed by atoms with E-state index in [0.717, 1.165) is 15.6 Å². The first-order chi connectivity index (χ1) is 12.2. The monoisotopic (exact) mass is 355 g/mol. The zero-order chi connectivity index (χ0) is 17.2. The van der Waals surface area contributed by atoms with E-state index in [9.17, 15) is 9.90 Å². The first-order valence-electron chi connectivity index (χ1n) is 8.03. The molecule has 0 bridgehead atoms. The van der Waals surface area contributed by atoms with Crippen LogP contribution in [-0.2, 0) is 4.79 Å². The van der Waals surface area contributed by atoms with Gasteiger partial charge in [-0.25, -0.2) is 0 Å². The number of fused-ring (bicyclic) bond motifs is 2. The molecule has 0 unspecified atom stereocenters. The highest BCUT2D eigenvalue weighted by molar-refractivity contribution is 7.17. The second kappa shape index (κ2) is 6.74. The molecule has 4 rings (SSSR count). The van der Waals surface area contributed by atoms with E-state index < -0.39 is 12.2 Å². The third kappa shape index (κ3) is 3.18. The fraction of sp³-hybridized carbons (Fsp3) is 0.211. The summed E-state index contributed by atoms with van der Waals surface area (Å²) >= 11 is 1.58. The number of thiophene rings is 1. The summed E-state index contributed by atoms with van der Waals surface area (Å²) in [4.78, 5) is 12.3. The van der Waals surface area contributed by atoms with Gasteiger partial charge in [0.25, 0.3) is 5.91 Å². The summed E-state index contributed by atoms with van der Waals surface area (Å²) in [7, 11) is 0. The van der Waals surface area contributed by atoms with Crippen molar-refractivity contribution in [3.63, 3.8) is 0 Å². The van der Waals surface area contributed by atoms with Crippen LogP contribution in [0.1, 0.15) is 11.7 Å². The highest BCUT2D eigenvalue weighted by Gasteiger charge is 2.27. The summed E-state index contributed by atoms with van der Waals surface area (Å²) in [6.45, 7) is 0.279. The van der Waals surface area contributed by atoms with E-state index in [4.69, 9.17) is 9.47 Å². The number of hydrogen-bond donors (Lipinski definition) is 2. The van der Waals surface area contributed by atoms with Gasteiger partial charge in [-0.05, 0) is 29.0 Å². The van der Waals surface area contributed by atoms with Gasteiger partial charge in [-0.2, -0.15) is 0 Å². The average molecular weight is 355 g/mol. The minimum atomic E-state index is -0.767. The van der Waals surface area contributed by atoms with E-state index in [-0.39, 0.29) is 19.1 Å². The lowest BCUT2D eigenvalue weighted by Crippen LogP contribution is -2.45. The molecule has 0 saturated carbocycles. The highest BCUT2D eigenvalue weighted by Crippen LogP contribution is 2.31. The third-order valence-corrected chi connectivity index (χ3v) is 5.12. The second-order valence-corrected chi connectivity index (χ2v) is 6.72. The van der Waals surface area contributed by atoms with Gasteiger partial charge in [0.2, 0.25) is 6.10 Å². The van der Waals surface area contributed by atoms with E-state index in [1.165, 1.54) is 0 Å². The number of amides is 1. The fourth-order valence-corrected chi connectivity index (χ4v) is 3.83. The van der Waals surface area contributed by atoms with Crippen LogP contribution in [0.2, 0.25) is 0 Å². The van der Waals surface area contributed by atoms with Gasteiger partial charge < -0.3 is 19.9 Å². The van der Waals surface area contributed by atoms with Gasteiger partial charge in [-0.3, -0.25) is 4.79 Å². The Labute approximate surface area is 148 Å². The maximum Gasteiger partial charge on any atom is 0.264 e. The normalized spacial score (nSPS) is 17.2. The summed E-state index contributed by atoms with van der Waals surface area (Å²) in [6.07, 6.45) is -1.49. The van der Waals surface area contributed by atoms with Crippen molar-refractivity contribution in [1.82, 2.24) is 5.32 Å². The number of nitrogens with one attached hydrogen (secondary N) is 1. The number of aliphatic hydroxyl groups is 1. The van der Waals surface area contributed by atoms with Gasteiger partial charge in [-0.1, -0.05) is 30.3 Å². The maximum atomic E-state index is 12.3. The molecule has 1 aromatic heterocycles. The number of carbonyl (C=O) groups is 1. The predicted molar refractivity (Wildman–Crippen MR) is 96.1 cm³/mol. The van der Waals surface area contributed by atoms with Gasteiger partial charge >= 0.3 is 0 Å². The number of rotatable bonds is 4. The standard InChI is InChI=1S/C19H17NO4S/c21-14(13-11-25-18-8-4-1-5-12(13)18)9-20-19(22)17-10-23-15-6-2-3-7-16(15)24-17/h1-8,11,14,17,21H,9-10H2,(H,20,22)/t14-,17-/m0/s1. The summed E-state index contributed by atoms with van der Waals surface area (Å²) in [5.41, 5.74) is 0.826. The number of carbonyl (C=O) groups excluding carboxylic acids is 1. The molecule has 0 aliphatic carbocycles. The Hall–Kier alpha value is -2.57. The molecular formula is C19H17NO4S. The lowest BCUT2D eigenvalue weighted by Gasteiger charge is -2.25. The Morgan fingerprint density at radius 2 is 1.96 bits per heavy atom. The quantitative estimate of drug-likeness (QED) is 0.755. The van der Waals surface area contributed by atoms with E-state index >= 15 is 0 Å². The SMILES string of the molecule is O=C(NC[C@H](O)c1csc2ccccc12)[C@@H]1COc2ccccc2O1. The Morgan fingerprint density at radius 3 is 2.84 bits per heavy atom. The minimum absolute atomic E-state index is 0.126. The Morgan fingerprint density at radius 1 is 1.20 bits per heavy atom. The second-order valence-electron chi connectivity index (χ2n) is 5.81. The van der Waals surface area contributed by atoms with Crippen molar-refractivity contribution in [2.45, 2.75) is 12.2 Å². The molecule has 2 heterocycles. The molecule has 2 N–H and O–H groups in total. The number of ether oxygens (including phenoxy) is 2. The van der Waals surface area contributed by atoms with Crippen LogP contribution in [0.3, 0.4) is 0 Å². The number of hydrogen-bond acceptors (Lipinski definition) is 5. The van der Waals surface area contributed by atoms with Crippen LogP contribution in [0.15, 0.2) is 53.9 Å². The molecule has 0 saturated heterocycles. The molecule has 2 aromatic carbocycles. The number of para-hydroxylation sites is 2. The van der Waals surface area contributed by atoms with E-state index in [1.54, 1.807) is 23.5 Å². The zero-order valence-corrected chi connectivity index (χ0v) is 14.2. The van der Waals surface area contributed by atoms with Crippen molar-refractivity contribution < 1.29 is 19.4 Å². The minimum Gasteiger partial charge on any atom is -0.485 e. The molecule has 25 heavy (non-hydrogen) atoms. The van der Waals surface area contributed by atoms with E-state index in [0.29, 0.717) is 11.5 Å². The van der Waals surface area contributed by atoms with Crippen LogP contribution < -0.4 is 14.8 Å². The van der Waals surface area contributed by atoms with E-state index in [2.05, 4.69) is 5.32 Å². The zero-order valence-electron chi connectivity index (χ0n) is 13.3. The van der Waals surface area contributed by atoms with Crippen molar-refractivity contribution >= 4 is 27.3 Å². The molecule has 0 radical (unpaired) electrons. The Bertz CT molecular complexity index is 907.